The van der Waals surface area contributed by atoms with Crippen molar-refractivity contribution in [3.8, 4) is 11.8 Å². The average molecular weight is 218 g/mol. The summed E-state index contributed by atoms with van der Waals surface area (Å²) in [5.74, 6) is 1.74. The third-order valence-electron chi connectivity index (χ3n) is 2.29. The number of rotatable bonds is 1. The Morgan fingerprint density at radius 2 is 2.27 bits per heavy atom. The van der Waals surface area contributed by atoms with Gasteiger partial charge in [0.1, 0.15) is 6.07 Å². The maximum Gasteiger partial charge on any atom is 0.215 e. The second kappa shape index (κ2) is 3.87. The number of fused-ring (bicyclic) bond motifs is 1. The van der Waals surface area contributed by atoms with E-state index in [9.17, 15) is 0 Å². The normalized spacial score (nSPS) is 16.7. The van der Waals surface area contributed by atoms with Crippen molar-refractivity contribution in [2.45, 2.75) is 0 Å². The Morgan fingerprint density at radius 1 is 1.53 bits per heavy atom. The molecular weight excluding hydrogens is 208 g/mol. The second-order valence-corrected chi connectivity index (χ2v) is 3.50. The molecule has 2 rings (SSSR count). The predicted octanol–water partition coefficient (Wildman–Crippen LogP) is 2.18. The summed E-state index contributed by atoms with van der Waals surface area (Å²) in [7, 11) is 1.88. The van der Waals surface area contributed by atoms with Crippen LogP contribution in [0.15, 0.2) is 35.7 Å². The van der Waals surface area contributed by atoms with E-state index in [-0.39, 0.29) is 0 Å². The molecule has 3 nitrogen and oxygen atoms in total. The molecule has 4 heteroatoms. The standard InChI is InChI=1S/C11H10N2OS/c1-13-9-4-2-3-5-10(9)14-11(13)8(6-12)7-15/h2-5,15H,7H2,1H3/b11-8-. The molecule has 1 aromatic carbocycles. The molecule has 1 aliphatic rings. The highest BCUT2D eigenvalue weighted by atomic mass is 32.1. The molecule has 0 unspecified atom stereocenters. The largest absolute Gasteiger partial charge is 0.438 e. The van der Waals surface area contributed by atoms with Crippen LogP contribution in [0.5, 0.6) is 5.75 Å². The summed E-state index contributed by atoms with van der Waals surface area (Å²) in [5.41, 5.74) is 1.51. The minimum Gasteiger partial charge on any atom is -0.438 e. The van der Waals surface area contributed by atoms with E-state index in [1.807, 2.05) is 36.2 Å². The Kier molecular flexibility index (Phi) is 2.57. The molecule has 1 heterocycles. The number of anilines is 1. The SMILES string of the molecule is CN1/C(=C(\C#N)CS)Oc2ccccc21. The molecule has 0 spiro atoms. The lowest BCUT2D eigenvalue weighted by Gasteiger charge is -2.11. The van der Waals surface area contributed by atoms with E-state index in [1.54, 1.807) is 0 Å². The Balaban J connectivity index is 2.48. The van der Waals surface area contributed by atoms with Crippen molar-refractivity contribution in [1.29, 1.82) is 5.26 Å². The highest BCUT2D eigenvalue weighted by Crippen LogP contribution is 2.38. The van der Waals surface area contributed by atoms with Crippen LogP contribution in [0.1, 0.15) is 0 Å². The number of hydrogen-bond acceptors (Lipinski definition) is 4. The van der Waals surface area contributed by atoms with Gasteiger partial charge in [-0.2, -0.15) is 17.9 Å². The van der Waals surface area contributed by atoms with Crippen molar-refractivity contribution in [3.05, 3.63) is 35.7 Å². The van der Waals surface area contributed by atoms with Crippen LogP contribution < -0.4 is 9.64 Å². The molecule has 0 aliphatic carbocycles. The van der Waals surface area contributed by atoms with Gasteiger partial charge in [0, 0.05) is 12.8 Å². The Labute approximate surface area is 94.0 Å². The van der Waals surface area contributed by atoms with Gasteiger partial charge in [-0.15, -0.1) is 0 Å². The maximum absolute atomic E-state index is 8.92. The summed E-state index contributed by atoms with van der Waals surface area (Å²) in [4.78, 5) is 1.87. The van der Waals surface area contributed by atoms with Gasteiger partial charge in [0.15, 0.2) is 5.75 Å². The lowest BCUT2D eigenvalue weighted by atomic mass is 10.3. The van der Waals surface area contributed by atoms with E-state index >= 15 is 0 Å². The summed E-state index contributed by atoms with van der Waals surface area (Å²) in [6.07, 6.45) is 0. The first-order chi connectivity index (χ1) is 7.27. The van der Waals surface area contributed by atoms with Crippen molar-refractivity contribution in [1.82, 2.24) is 0 Å². The van der Waals surface area contributed by atoms with Gasteiger partial charge >= 0.3 is 0 Å². The van der Waals surface area contributed by atoms with E-state index in [2.05, 4.69) is 18.7 Å². The fraction of sp³-hybridized carbons (Fsp3) is 0.182. The summed E-state index contributed by atoms with van der Waals surface area (Å²) in [6.45, 7) is 0. The Morgan fingerprint density at radius 3 is 2.87 bits per heavy atom. The summed E-state index contributed by atoms with van der Waals surface area (Å²) in [6, 6.07) is 9.77. The molecule has 0 radical (unpaired) electrons. The van der Waals surface area contributed by atoms with E-state index in [4.69, 9.17) is 10.00 Å². The first-order valence-electron chi connectivity index (χ1n) is 4.52. The summed E-state index contributed by atoms with van der Waals surface area (Å²) in [5, 5.41) is 8.92. The van der Waals surface area contributed by atoms with Crippen LogP contribution in [0, 0.1) is 11.3 Å². The highest BCUT2D eigenvalue weighted by Gasteiger charge is 2.25. The molecule has 15 heavy (non-hydrogen) atoms. The molecule has 0 bridgehead atoms. The zero-order valence-electron chi connectivity index (χ0n) is 8.27. The molecule has 0 saturated carbocycles. The van der Waals surface area contributed by atoms with Crippen molar-refractivity contribution in [2.75, 3.05) is 17.7 Å². The van der Waals surface area contributed by atoms with Gasteiger partial charge in [0.2, 0.25) is 5.88 Å². The molecular formula is C11H10N2OS. The first kappa shape index (κ1) is 9.94. The zero-order valence-corrected chi connectivity index (χ0v) is 9.16. The van der Waals surface area contributed by atoms with Gasteiger partial charge in [-0.1, -0.05) is 12.1 Å². The lowest BCUT2D eigenvalue weighted by Crippen LogP contribution is -2.16. The number of hydrogen-bond donors (Lipinski definition) is 1. The van der Waals surface area contributed by atoms with Gasteiger partial charge in [-0.05, 0) is 12.1 Å². The van der Waals surface area contributed by atoms with Crippen molar-refractivity contribution >= 4 is 18.3 Å². The van der Waals surface area contributed by atoms with Gasteiger partial charge in [-0.25, -0.2) is 0 Å². The number of para-hydroxylation sites is 2. The Hall–Kier alpha value is -1.60. The van der Waals surface area contributed by atoms with Crippen LogP contribution >= 0.6 is 12.6 Å². The van der Waals surface area contributed by atoms with E-state index < -0.39 is 0 Å². The average Bonchev–Trinajstić information content (AvgIpc) is 2.60. The van der Waals surface area contributed by atoms with Crippen LogP contribution in [-0.2, 0) is 0 Å². The molecule has 0 atom stereocenters. The van der Waals surface area contributed by atoms with Gasteiger partial charge in [0.05, 0.1) is 11.3 Å². The van der Waals surface area contributed by atoms with Gasteiger partial charge in [0.25, 0.3) is 0 Å². The molecule has 0 saturated heterocycles. The van der Waals surface area contributed by atoms with Crippen LogP contribution in [-0.4, -0.2) is 12.8 Å². The number of nitriles is 1. The van der Waals surface area contributed by atoms with E-state index in [0.29, 0.717) is 17.2 Å². The Bertz CT molecular complexity index is 462. The third-order valence-corrected chi connectivity index (χ3v) is 2.61. The molecule has 0 amide bonds. The fourth-order valence-electron chi connectivity index (χ4n) is 1.52. The zero-order chi connectivity index (χ0) is 10.8. The van der Waals surface area contributed by atoms with Crippen LogP contribution in [0.3, 0.4) is 0 Å². The van der Waals surface area contributed by atoms with Crippen LogP contribution in [0.4, 0.5) is 5.69 Å². The van der Waals surface area contributed by atoms with Gasteiger partial charge in [-0.3, -0.25) is 0 Å². The molecule has 0 aromatic heterocycles. The third kappa shape index (κ3) is 1.55. The monoisotopic (exact) mass is 218 g/mol. The fourth-order valence-corrected chi connectivity index (χ4v) is 1.72. The van der Waals surface area contributed by atoms with E-state index in [0.717, 1.165) is 11.4 Å². The molecule has 0 fully saturated rings. The van der Waals surface area contributed by atoms with Crippen LogP contribution in [0.25, 0.3) is 0 Å². The van der Waals surface area contributed by atoms with Crippen LogP contribution in [0.2, 0.25) is 0 Å². The van der Waals surface area contributed by atoms with Crippen molar-refractivity contribution in [2.24, 2.45) is 0 Å². The van der Waals surface area contributed by atoms with Gasteiger partial charge < -0.3 is 9.64 Å². The maximum atomic E-state index is 8.92. The van der Waals surface area contributed by atoms with Crippen molar-refractivity contribution in [3.63, 3.8) is 0 Å². The molecule has 1 aromatic rings. The molecule has 1 aliphatic heterocycles. The predicted molar refractivity (Wildman–Crippen MR) is 62.0 cm³/mol. The lowest BCUT2D eigenvalue weighted by molar-refractivity contribution is 0.439. The topological polar surface area (TPSA) is 36.3 Å². The number of ether oxygens (including phenoxy) is 1. The van der Waals surface area contributed by atoms with E-state index in [1.165, 1.54) is 0 Å². The smallest absolute Gasteiger partial charge is 0.215 e. The second-order valence-electron chi connectivity index (χ2n) is 3.18. The first-order valence-corrected chi connectivity index (χ1v) is 5.16. The number of nitrogens with zero attached hydrogens (tertiary/aromatic N) is 2. The minimum atomic E-state index is 0.379. The highest BCUT2D eigenvalue weighted by molar-refractivity contribution is 7.80. The summed E-state index contributed by atoms with van der Waals surface area (Å²) < 4.78 is 5.60. The minimum absolute atomic E-state index is 0.379. The molecule has 0 N–H and O–H groups in total. The number of thiol groups is 1. The summed E-state index contributed by atoms with van der Waals surface area (Å²) >= 11 is 4.10. The molecule has 76 valence electrons. The number of benzene rings is 1. The van der Waals surface area contributed by atoms with Crippen molar-refractivity contribution < 1.29 is 4.74 Å². The quantitative estimate of drug-likeness (QED) is 0.579.